The van der Waals surface area contributed by atoms with Gasteiger partial charge in [-0.05, 0) is 37.1 Å². The van der Waals surface area contributed by atoms with Crippen LogP contribution in [0.15, 0.2) is 52.7 Å². The molecule has 7 heteroatoms. The molecule has 0 aliphatic rings. The van der Waals surface area contributed by atoms with E-state index < -0.39 is 10.0 Å². The Hall–Kier alpha value is -1.73. The van der Waals surface area contributed by atoms with Crippen LogP contribution in [0.25, 0.3) is 11.3 Å². The van der Waals surface area contributed by atoms with E-state index in [-0.39, 0.29) is 11.4 Å². The van der Waals surface area contributed by atoms with E-state index in [4.69, 9.17) is 11.6 Å². The minimum atomic E-state index is -3.66. The summed E-state index contributed by atoms with van der Waals surface area (Å²) in [6.07, 6.45) is 0. The lowest BCUT2D eigenvalue weighted by Gasteiger charge is -2.11. The van der Waals surface area contributed by atoms with Crippen molar-refractivity contribution < 1.29 is 8.42 Å². The third kappa shape index (κ3) is 4.10. The second-order valence-electron chi connectivity index (χ2n) is 5.65. The Balaban J connectivity index is 1.90. The van der Waals surface area contributed by atoms with Crippen LogP contribution in [-0.2, 0) is 16.6 Å². The van der Waals surface area contributed by atoms with E-state index in [9.17, 15) is 8.42 Å². The van der Waals surface area contributed by atoms with Crippen LogP contribution < -0.4 is 4.72 Å². The monoisotopic (exact) mass is 392 g/mol. The first-order valence-electron chi connectivity index (χ1n) is 7.63. The van der Waals surface area contributed by atoms with Gasteiger partial charge in [0.2, 0.25) is 10.0 Å². The summed E-state index contributed by atoms with van der Waals surface area (Å²) in [4.78, 5) is 4.68. The van der Waals surface area contributed by atoms with Gasteiger partial charge >= 0.3 is 0 Å². The second kappa shape index (κ2) is 7.25. The van der Waals surface area contributed by atoms with Gasteiger partial charge in [-0.2, -0.15) is 0 Å². The molecule has 0 atom stereocenters. The van der Waals surface area contributed by atoms with Crippen molar-refractivity contribution in [1.29, 1.82) is 0 Å². The summed E-state index contributed by atoms with van der Waals surface area (Å²) in [5.41, 5.74) is 2.98. The topological polar surface area (TPSA) is 59.1 Å². The Labute approximate surface area is 156 Å². The normalized spacial score (nSPS) is 11.6. The fourth-order valence-electron chi connectivity index (χ4n) is 2.44. The van der Waals surface area contributed by atoms with E-state index in [0.29, 0.717) is 10.6 Å². The first-order chi connectivity index (χ1) is 11.9. The number of halogens is 1. The number of nitrogens with zero attached hydrogens (tertiary/aromatic N) is 1. The predicted molar refractivity (Wildman–Crippen MR) is 103 cm³/mol. The van der Waals surface area contributed by atoms with Gasteiger partial charge in [-0.1, -0.05) is 41.9 Å². The largest absolute Gasteiger partial charge is 0.242 e. The van der Waals surface area contributed by atoms with Crippen LogP contribution in [0.4, 0.5) is 0 Å². The van der Waals surface area contributed by atoms with Crippen molar-refractivity contribution in [2.45, 2.75) is 25.3 Å². The van der Waals surface area contributed by atoms with Gasteiger partial charge in [-0.25, -0.2) is 18.1 Å². The van der Waals surface area contributed by atoms with Crippen LogP contribution in [0.1, 0.15) is 16.1 Å². The number of sulfonamides is 1. The van der Waals surface area contributed by atoms with Gasteiger partial charge in [-0.3, -0.25) is 0 Å². The number of aryl methyl sites for hydroxylation is 2. The summed E-state index contributed by atoms with van der Waals surface area (Å²) in [6, 6.07) is 12.5. The van der Waals surface area contributed by atoms with E-state index in [1.165, 1.54) is 11.3 Å². The Morgan fingerprint density at radius 1 is 1.16 bits per heavy atom. The van der Waals surface area contributed by atoms with Crippen LogP contribution in [-0.4, -0.2) is 13.4 Å². The number of hydrogen-bond acceptors (Lipinski definition) is 4. The van der Waals surface area contributed by atoms with E-state index >= 15 is 0 Å². The number of nitrogens with one attached hydrogen (secondary N) is 1. The van der Waals surface area contributed by atoms with Gasteiger partial charge in [0.05, 0.1) is 15.6 Å². The average Bonchev–Trinajstić information content (AvgIpc) is 3.01. The van der Waals surface area contributed by atoms with Crippen molar-refractivity contribution >= 4 is 33.0 Å². The fraction of sp³-hybridized carbons (Fsp3) is 0.167. The average molecular weight is 393 g/mol. The van der Waals surface area contributed by atoms with E-state index in [2.05, 4.69) is 9.71 Å². The van der Waals surface area contributed by atoms with Crippen molar-refractivity contribution in [1.82, 2.24) is 9.71 Å². The Morgan fingerprint density at radius 2 is 1.92 bits per heavy atom. The molecule has 0 fully saturated rings. The van der Waals surface area contributed by atoms with Crippen molar-refractivity contribution in [3.05, 3.63) is 69.0 Å². The van der Waals surface area contributed by atoms with Crippen molar-refractivity contribution in [2.24, 2.45) is 0 Å². The zero-order valence-corrected chi connectivity index (χ0v) is 16.2. The molecule has 0 unspecified atom stereocenters. The summed E-state index contributed by atoms with van der Waals surface area (Å²) in [6.45, 7) is 3.84. The van der Waals surface area contributed by atoms with E-state index in [1.54, 1.807) is 31.2 Å². The van der Waals surface area contributed by atoms with Crippen LogP contribution in [0.3, 0.4) is 0 Å². The molecule has 0 saturated carbocycles. The molecular weight excluding hydrogens is 376 g/mol. The molecule has 0 aliphatic carbocycles. The van der Waals surface area contributed by atoms with Gasteiger partial charge in [-0.15, -0.1) is 11.3 Å². The van der Waals surface area contributed by atoms with Crippen LogP contribution in [0, 0.1) is 13.8 Å². The standard InChI is InChI=1S/C18H17ClN2O2S2/c1-12-7-8-14(17-11-24-13(2)21-17)9-18(12)25(22,23)20-10-15-5-3-4-6-16(15)19/h3-9,11,20H,10H2,1-2H3. The second-order valence-corrected chi connectivity index (χ2v) is 8.85. The number of thiazole rings is 1. The molecule has 0 radical (unpaired) electrons. The number of hydrogen-bond donors (Lipinski definition) is 1. The molecule has 0 amide bonds. The maximum Gasteiger partial charge on any atom is 0.241 e. The van der Waals surface area contributed by atoms with Crippen LogP contribution >= 0.6 is 22.9 Å². The highest BCUT2D eigenvalue weighted by molar-refractivity contribution is 7.89. The van der Waals surface area contributed by atoms with Crippen molar-refractivity contribution in [3.63, 3.8) is 0 Å². The van der Waals surface area contributed by atoms with Crippen LogP contribution in [0.2, 0.25) is 5.02 Å². The molecule has 4 nitrogen and oxygen atoms in total. The third-order valence-electron chi connectivity index (χ3n) is 3.80. The number of aromatic nitrogens is 1. The molecule has 0 spiro atoms. The molecular formula is C18H17ClN2O2S2. The molecule has 0 saturated heterocycles. The lowest BCUT2D eigenvalue weighted by molar-refractivity contribution is 0.580. The van der Waals surface area contributed by atoms with Crippen molar-refractivity contribution in [3.8, 4) is 11.3 Å². The predicted octanol–water partition coefficient (Wildman–Crippen LogP) is 4.56. The zero-order valence-electron chi connectivity index (χ0n) is 13.8. The lowest BCUT2D eigenvalue weighted by Crippen LogP contribution is -2.24. The highest BCUT2D eigenvalue weighted by Crippen LogP contribution is 2.26. The smallest absolute Gasteiger partial charge is 0.241 e. The Kier molecular flexibility index (Phi) is 5.24. The SMILES string of the molecule is Cc1nc(-c2ccc(C)c(S(=O)(=O)NCc3ccccc3Cl)c2)cs1. The van der Waals surface area contributed by atoms with Gasteiger partial charge in [0, 0.05) is 22.5 Å². The van der Waals surface area contributed by atoms with Gasteiger partial charge in [0.25, 0.3) is 0 Å². The first-order valence-corrected chi connectivity index (χ1v) is 10.4. The highest BCUT2D eigenvalue weighted by atomic mass is 35.5. The van der Waals surface area contributed by atoms with Gasteiger partial charge < -0.3 is 0 Å². The molecule has 1 N–H and O–H groups in total. The molecule has 1 heterocycles. The number of rotatable bonds is 5. The summed E-state index contributed by atoms with van der Waals surface area (Å²) in [5, 5.41) is 3.40. The molecule has 2 aromatic carbocycles. The fourth-order valence-corrected chi connectivity index (χ4v) is 4.54. The van der Waals surface area contributed by atoms with Gasteiger partial charge in [0.15, 0.2) is 0 Å². The molecule has 0 aliphatic heterocycles. The third-order valence-corrected chi connectivity index (χ3v) is 6.49. The van der Waals surface area contributed by atoms with E-state index in [0.717, 1.165) is 21.8 Å². The number of benzene rings is 2. The summed E-state index contributed by atoms with van der Waals surface area (Å²) >= 11 is 7.63. The minimum absolute atomic E-state index is 0.140. The summed E-state index contributed by atoms with van der Waals surface area (Å²) < 4.78 is 28.1. The maximum atomic E-state index is 12.8. The highest BCUT2D eigenvalue weighted by Gasteiger charge is 2.18. The summed E-state index contributed by atoms with van der Waals surface area (Å²) in [7, 11) is -3.66. The molecule has 0 bridgehead atoms. The zero-order chi connectivity index (χ0) is 18.0. The van der Waals surface area contributed by atoms with Crippen LogP contribution in [0.5, 0.6) is 0 Å². The minimum Gasteiger partial charge on any atom is -0.242 e. The Morgan fingerprint density at radius 3 is 2.60 bits per heavy atom. The van der Waals surface area contributed by atoms with Gasteiger partial charge in [0.1, 0.15) is 0 Å². The quantitative estimate of drug-likeness (QED) is 0.692. The molecule has 1 aromatic heterocycles. The van der Waals surface area contributed by atoms with E-state index in [1.807, 2.05) is 30.5 Å². The maximum absolute atomic E-state index is 12.8. The summed E-state index contributed by atoms with van der Waals surface area (Å²) in [5.74, 6) is 0. The Bertz CT molecular complexity index is 1010. The molecule has 3 rings (SSSR count). The molecule has 25 heavy (non-hydrogen) atoms. The molecule has 3 aromatic rings. The first kappa shape index (κ1) is 18.1. The molecule has 130 valence electrons. The lowest BCUT2D eigenvalue weighted by atomic mass is 10.1. The van der Waals surface area contributed by atoms with Crippen molar-refractivity contribution in [2.75, 3.05) is 0 Å².